The Morgan fingerprint density at radius 1 is 1.44 bits per heavy atom. The number of aromatic nitrogens is 3. The molecule has 2 aromatic rings. The first-order valence-electron chi connectivity index (χ1n) is 6.55. The summed E-state index contributed by atoms with van der Waals surface area (Å²) in [7, 11) is 0. The number of alkyl halides is 3. The summed E-state index contributed by atoms with van der Waals surface area (Å²) >= 11 is 0.879. The lowest BCUT2D eigenvalue weighted by atomic mass is 10.1. The van der Waals surface area contributed by atoms with Gasteiger partial charge in [-0.2, -0.15) is 13.2 Å². The zero-order valence-electron chi connectivity index (χ0n) is 12.6. The number of nitrogens with zero attached hydrogens (tertiary/aromatic N) is 4. The van der Waals surface area contributed by atoms with Crippen molar-refractivity contribution in [3.63, 3.8) is 0 Å². The maximum Gasteiger partial charge on any atom is 0.418 e. The fourth-order valence-corrected chi connectivity index (χ4v) is 2.46. The normalized spacial score (nSPS) is 11.4. The molecular formula is C12H11F3N6O3S. The van der Waals surface area contributed by atoms with Crippen LogP contribution in [0.2, 0.25) is 0 Å². The number of nitrogens with one attached hydrogen (secondary N) is 1. The summed E-state index contributed by atoms with van der Waals surface area (Å²) in [6.45, 7) is 1.59. The molecule has 0 saturated carbocycles. The minimum absolute atomic E-state index is 0.215. The van der Waals surface area contributed by atoms with Crippen molar-refractivity contribution in [2.45, 2.75) is 18.3 Å². The Morgan fingerprint density at radius 3 is 2.64 bits per heavy atom. The molecule has 13 heteroatoms. The van der Waals surface area contributed by atoms with Gasteiger partial charge in [-0.3, -0.25) is 14.9 Å². The van der Waals surface area contributed by atoms with Crippen molar-refractivity contribution in [3.8, 4) is 0 Å². The van der Waals surface area contributed by atoms with Crippen molar-refractivity contribution in [2.75, 3.05) is 16.9 Å². The number of amides is 1. The van der Waals surface area contributed by atoms with Gasteiger partial charge in [0.05, 0.1) is 21.9 Å². The number of carbonyl (C=O) groups excluding carboxylic acids is 1. The van der Waals surface area contributed by atoms with E-state index in [1.807, 2.05) is 0 Å². The Labute approximate surface area is 142 Å². The van der Waals surface area contributed by atoms with E-state index in [1.165, 1.54) is 0 Å². The molecule has 0 bridgehead atoms. The first-order valence-corrected chi connectivity index (χ1v) is 7.53. The van der Waals surface area contributed by atoms with Crippen molar-refractivity contribution in [2.24, 2.45) is 0 Å². The lowest BCUT2D eigenvalue weighted by Gasteiger charge is -2.13. The molecule has 134 valence electrons. The Morgan fingerprint density at radius 2 is 2.12 bits per heavy atom. The molecule has 0 saturated heterocycles. The van der Waals surface area contributed by atoms with Gasteiger partial charge in [-0.15, -0.1) is 10.2 Å². The van der Waals surface area contributed by atoms with E-state index in [2.05, 4.69) is 15.5 Å². The molecule has 1 heterocycles. The fraction of sp³-hybridized carbons (Fsp3) is 0.250. The highest BCUT2D eigenvalue weighted by Gasteiger charge is 2.35. The summed E-state index contributed by atoms with van der Waals surface area (Å²) in [5.74, 6) is 4.96. The molecule has 0 aliphatic rings. The lowest BCUT2D eigenvalue weighted by Crippen LogP contribution is -2.19. The Kier molecular flexibility index (Phi) is 5.15. The van der Waals surface area contributed by atoms with Crippen LogP contribution >= 0.6 is 11.8 Å². The van der Waals surface area contributed by atoms with Gasteiger partial charge in [-0.05, 0) is 13.0 Å². The molecule has 0 aliphatic carbocycles. The zero-order chi connectivity index (χ0) is 18.8. The van der Waals surface area contributed by atoms with Crippen molar-refractivity contribution in [1.82, 2.24) is 14.9 Å². The molecule has 0 radical (unpaired) electrons. The predicted molar refractivity (Wildman–Crippen MR) is 82.4 cm³/mol. The zero-order valence-corrected chi connectivity index (χ0v) is 13.4. The van der Waals surface area contributed by atoms with E-state index >= 15 is 0 Å². The van der Waals surface area contributed by atoms with Crippen molar-refractivity contribution >= 4 is 29.0 Å². The van der Waals surface area contributed by atoms with Gasteiger partial charge in [0.2, 0.25) is 11.1 Å². The molecule has 0 aliphatic heterocycles. The highest BCUT2D eigenvalue weighted by molar-refractivity contribution is 7.99. The third kappa shape index (κ3) is 4.37. The third-order valence-electron chi connectivity index (χ3n) is 2.96. The maximum absolute atomic E-state index is 13.0. The first kappa shape index (κ1) is 18.5. The van der Waals surface area contributed by atoms with Crippen molar-refractivity contribution < 1.29 is 22.9 Å². The minimum Gasteiger partial charge on any atom is -0.336 e. The number of thioether (sulfide) groups is 1. The predicted octanol–water partition coefficient (Wildman–Crippen LogP) is 1.96. The van der Waals surface area contributed by atoms with Gasteiger partial charge in [-0.25, -0.2) is 4.68 Å². The number of halogens is 3. The Balaban J connectivity index is 2.14. The topological polar surface area (TPSA) is 129 Å². The number of nitrogen functional groups attached to an aromatic ring is 1. The van der Waals surface area contributed by atoms with E-state index in [0.717, 1.165) is 28.6 Å². The summed E-state index contributed by atoms with van der Waals surface area (Å²) < 4.78 is 40.2. The van der Waals surface area contributed by atoms with Gasteiger partial charge in [0.25, 0.3) is 5.69 Å². The summed E-state index contributed by atoms with van der Waals surface area (Å²) in [5, 5.41) is 20.3. The number of non-ortho nitro benzene ring substituents is 1. The maximum atomic E-state index is 13.0. The molecule has 0 unspecified atom stereocenters. The molecule has 0 spiro atoms. The van der Waals surface area contributed by atoms with E-state index in [-0.39, 0.29) is 10.9 Å². The number of nitro benzene ring substituents is 1. The third-order valence-corrected chi connectivity index (χ3v) is 3.90. The lowest BCUT2D eigenvalue weighted by molar-refractivity contribution is -0.385. The number of benzene rings is 1. The molecule has 1 aromatic carbocycles. The highest BCUT2D eigenvalue weighted by atomic mass is 32.2. The summed E-state index contributed by atoms with van der Waals surface area (Å²) in [5.41, 5.74) is -2.61. The van der Waals surface area contributed by atoms with Crippen LogP contribution in [-0.2, 0) is 11.0 Å². The molecule has 25 heavy (non-hydrogen) atoms. The quantitative estimate of drug-likeness (QED) is 0.353. The van der Waals surface area contributed by atoms with Crippen LogP contribution in [0.25, 0.3) is 0 Å². The van der Waals surface area contributed by atoms with Crippen LogP contribution in [0.15, 0.2) is 23.4 Å². The summed E-state index contributed by atoms with van der Waals surface area (Å²) in [4.78, 5) is 21.5. The van der Waals surface area contributed by atoms with E-state index in [1.54, 1.807) is 6.92 Å². The number of nitrogens with two attached hydrogens (primary N) is 1. The van der Waals surface area contributed by atoms with Crippen molar-refractivity contribution in [3.05, 3.63) is 39.7 Å². The molecule has 1 amide bonds. The second-order valence-corrected chi connectivity index (χ2v) is 5.66. The second kappa shape index (κ2) is 6.96. The number of anilines is 1. The molecule has 0 atom stereocenters. The molecule has 3 N–H and O–H groups in total. The van der Waals surface area contributed by atoms with Crippen LogP contribution in [-0.4, -0.2) is 31.5 Å². The number of rotatable bonds is 5. The van der Waals surface area contributed by atoms with Gasteiger partial charge in [0.1, 0.15) is 5.82 Å². The average Bonchev–Trinajstić information content (AvgIpc) is 2.83. The van der Waals surface area contributed by atoms with Crippen LogP contribution in [0, 0.1) is 17.0 Å². The van der Waals surface area contributed by atoms with Crippen molar-refractivity contribution in [1.29, 1.82) is 0 Å². The smallest absolute Gasteiger partial charge is 0.336 e. The molecular weight excluding hydrogens is 365 g/mol. The monoisotopic (exact) mass is 376 g/mol. The van der Waals surface area contributed by atoms with E-state index in [0.29, 0.717) is 11.9 Å². The number of hydrogen-bond donors (Lipinski definition) is 2. The van der Waals surface area contributed by atoms with Crippen LogP contribution in [0.3, 0.4) is 0 Å². The fourth-order valence-electron chi connectivity index (χ4n) is 1.75. The Bertz CT molecular complexity index is 823. The number of nitro groups is 1. The molecule has 9 nitrogen and oxygen atoms in total. The number of carbonyl (C=O) groups is 1. The van der Waals surface area contributed by atoms with Gasteiger partial charge in [0.15, 0.2) is 0 Å². The Hall–Kier alpha value is -2.83. The van der Waals surface area contributed by atoms with Gasteiger partial charge in [0, 0.05) is 12.1 Å². The number of aryl methyl sites for hydroxylation is 1. The van der Waals surface area contributed by atoms with Gasteiger partial charge in [-0.1, -0.05) is 11.8 Å². The van der Waals surface area contributed by atoms with Crippen LogP contribution < -0.4 is 11.2 Å². The number of hydrogen-bond acceptors (Lipinski definition) is 7. The molecule has 1 aromatic heterocycles. The van der Waals surface area contributed by atoms with E-state index in [4.69, 9.17) is 5.84 Å². The van der Waals surface area contributed by atoms with E-state index < -0.39 is 33.9 Å². The first-order chi connectivity index (χ1) is 11.6. The van der Waals surface area contributed by atoms with Crippen LogP contribution in [0.5, 0.6) is 0 Å². The summed E-state index contributed by atoms with van der Waals surface area (Å²) in [6, 6.07) is 2.07. The van der Waals surface area contributed by atoms with Gasteiger partial charge < -0.3 is 11.2 Å². The van der Waals surface area contributed by atoms with Crippen LogP contribution in [0.4, 0.5) is 24.5 Å². The summed E-state index contributed by atoms with van der Waals surface area (Å²) in [6.07, 6.45) is -4.86. The second-order valence-electron chi connectivity index (χ2n) is 4.72. The standard InChI is InChI=1S/C12H11F3N6O3S/c1-6-18-19-11(20(6)16)25-5-10(22)17-9-3-2-7(21(23)24)4-8(9)12(13,14)15/h2-4H,5,16H2,1H3,(H,17,22). The molecule has 0 fully saturated rings. The van der Waals surface area contributed by atoms with E-state index in [9.17, 15) is 28.1 Å². The molecule has 2 rings (SSSR count). The largest absolute Gasteiger partial charge is 0.418 e. The van der Waals surface area contributed by atoms with Gasteiger partial charge >= 0.3 is 6.18 Å². The highest BCUT2D eigenvalue weighted by Crippen LogP contribution is 2.37. The SMILES string of the molecule is Cc1nnc(SCC(=O)Nc2ccc([N+](=O)[O-])cc2C(F)(F)F)n1N. The average molecular weight is 376 g/mol. The van der Waals surface area contributed by atoms with Crippen LogP contribution in [0.1, 0.15) is 11.4 Å². The minimum atomic E-state index is -4.86.